The zero-order valence-corrected chi connectivity index (χ0v) is 4.29. The molecule has 0 rings (SSSR count). The summed E-state index contributed by atoms with van der Waals surface area (Å²) in [4.78, 5) is 13.0. The molecular weight excluding hydrogens is 106 g/mol. The second-order valence-corrected chi connectivity index (χ2v) is 1.08. The van der Waals surface area contributed by atoms with E-state index in [4.69, 9.17) is 5.73 Å². The van der Waals surface area contributed by atoms with Crippen LogP contribution < -0.4 is 11.5 Å². The number of amidine groups is 1. The fourth-order valence-electron chi connectivity index (χ4n) is 0.173. The van der Waals surface area contributed by atoms with Gasteiger partial charge in [-0.05, 0) is 6.08 Å². The molecule has 4 heteroatoms. The molecule has 0 bridgehead atoms. The van der Waals surface area contributed by atoms with E-state index in [1.165, 1.54) is 6.08 Å². The average molecular weight is 113 g/mol. The number of carbonyl (C=O) groups is 1. The summed E-state index contributed by atoms with van der Waals surface area (Å²) in [5.74, 6) is 0.0394. The highest BCUT2D eigenvalue weighted by Crippen LogP contribution is 1.69. The van der Waals surface area contributed by atoms with Crippen LogP contribution in [0, 0.1) is 0 Å². The van der Waals surface area contributed by atoms with Gasteiger partial charge in [0.1, 0.15) is 5.84 Å². The quantitative estimate of drug-likeness (QED) is 0.358. The molecule has 0 aromatic rings. The van der Waals surface area contributed by atoms with Gasteiger partial charge in [-0.25, -0.2) is 4.79 Å². The Morgan fingerprint density at radius 1 is 1.62 bits per heavy atom. The maximum atomic E-state index is 9.88. The lowest BCUT2D eigenvalue weighted by Crippen LogP contribution is -2.14. The summed E-state index contributed by atoms with van der Waals surface area (Å²) in [7, 11) is 0. The number of aliphatic imine (C=N–C) groups is 1. The van der Waals surface area contributed by atoms with Gasteiger partial charge in [0.05, 0.1) is 0 Å². The Balaban J connectivity index is 3.94. The van der Waals surface area contributed by atoms with Gasteiger partial charge >= 0.3 is 6.03 Å². The van der Waals surface area contributed by atoms with Crippen molar-refractivity contribution in [3.63, 3.8) is 0 Å². The minimum Gasteiger partial charge on any atom is -0.384 e. The number of hydrogen-bond donors (Lipinski definition) is 2. The molecule has 0 saturated carbocycles. The molecule has 0 radical (unpaired) electrons. The zero-order chi connectivity index (χ0) is 6.57. The van der Waals surface area contributed by atoms with Crippen molar-refractivity contribution in [2.45, 2.75) is 0 Å². The molecule has 4 nitrogen and oxygen atoms in total. The van der Waals surface area contributed by atoms with E-state index in [-0.39, 0.29) is 5.84 Å². The molecule has 0 spiro atoms. The molecule has 0 aromatic heterocycles. The molecular formula is C4H7N3O. The van der Waals surface area contributed by atoms with Crippen LogP contribution in [0.4, 0.5) is 4.79 Å². The van der Waals surface area contributed by atoms with E-state index in [0.717, 1.165) is 0 Å². The highest BCUT2D eigenvalue weighted by molar-refractivity contribution is 5.98. The van der Waals surface area contributed by atoms with Crippen molar-refractivity contribution in [3.8, 4) is 0 Å². The molecule has 0 aliphatic rings. The van der Waals surface area contributed by atoms with E-state index < -0.39 is 6.03 Å². The van der Waals surface area contributed by atoms with Crippen LogP contribution >= 0.6 is 0 Å². The van der Waals surface area contributed by atoms with Crippen LogP contribution in [0.1, 0.15) is 0 Å². The molecule has 0 heterocycles. The lowest BCUT2D eigenvalue weighted by Gasteiger charge is -1.83. The normalized spacial score (nSPS) is 10.8. The molecule has 0 aliphatic carbocycles. The Kier molecular flexibility index (Phi) is 2.33. The molecule has 0 unspecified atom stereocenters. The number of carbonyl (C=O) groups excluding carboxylic acids is 1. The highest BCUT2D eigenvalue weighted by atomic mass is 16.2. The fraction of sp³-hybridized carbons (Fsp3) is 0. The van der Waals surface area contributed by atoms with E-state index in [2.05, 4.69) is 17.3 Å². The van der Waals surface area contributed by atoms with Crippen molar-refractivity contribution in [2.24, 2.45) is 16.5 Å². The maximum absolute atomic E-state index is 9.88. The van der Waals surface area contributed by atoms with Crippen LogP contribution in [0.3, 0.4) is 0 Å². The fourth-order valence-corrected chi connectivity index (χ4v) is 0.173. The summed E-state index contributed by atoms with van der Waals surface area (Å²) < 4.78 is 0. The zero-order valence-electron chi connectivity index (χ0n) is 4.29. The van der Waals surface area contributed by atoms with Gasteiger partial charge in [-0.1, -0.05) is 6.58 Å². The van der Waals surface area contributed by atoms with Gasteiger partial charge in [0.15, 0.2) is 0 Å². The van der Waals surface area contributed by atoms with Gasteiger partial charge in [0, 0.05) is 0 Å². The Labute approximate surface area is 46.9 Å². The van der Waals surface area contributed by atoms with Gasteiger partial charge < -0.3 is 11.5 Å². The lowest BCUT2D eigenvalue weighted by molar-refractivity contribution is 0.256. The van der Waals surface area contributed by atoms with Crippen LogP contribution in [0.5, 0.6) is 0 Å². The minimum atomic E-state index is -0.803. The number of rotatable bonds is 1. The molecule has 0 aromatic carbocycles. The number of amides is 2. The molecule has 0 saturated heterocycles. The SMILES string of the molecule is C=CC(N)=NC(N)=O. The first-order chi connectivity index (χ1) is 3.66. The second kappa shape index (κ2) is 2.79. The van der Waals surface area contributed by atoms with Crippen LogP contribution in [-0.4, -0.2) is 11.9 Å². The number of nitrogens with zero attached hydrogens (tertiary/aromatic N) is 1. The van der Waals surface area contributed by atoms with Gasteiger partial charge in [-0.2, -0.15) is 4.99 Å². The van der Waals surface area contributed by atoms with E-state index in [9.17, 15) is 4.79 Å². The van der Waals surface area contributed by atoms with Gasteiger partial charge in [-0.15, -0.1) is 0 Å². The van der Waals surface area contributed by atoms with Crippen molar-refractivity contribution in [2.75, 3.05) is 0 Å². The third kappa shape index (κ3) is 2.89. The summed E-state index contributed by atoms with van der Waals surface area (Å²) in [6, 6.07) is -0.803. The summed E-state index contributed by atoms with van der Waals surface area (Å²) in [6.45, 7) is 3.25. The van der Waals surface area contributed by atoms with Crippen LogP contribution in [0.15, 0.2) is 17.6 Å². The monoisotopic (exact) mass is 113 g/mol. The van der Waals surface area contributed by atoms with Gasteiger partial charge in [0.25, 0.3) is 0 Å². The Morgan fingerprint density at radius 2 is 2.12 bits per heavy atom. The predicted molar refractivity (Wildman–Crippen MR) is 31.4 cm³/mol. The number of nitrogens with two attached hydrogens (primary N) is 2. The minimum absolute atomic E-state index is 0.0394. The second-order valence-electron chi connectivity index (χ2n) is 1.08. The van der Waals surface area contributed by atoms with Gasteiger partial charge in [-0.3, -0.25) is 0 Å². The van der Waals surface area contributed by atoms with E-state index in [0.29, 0.717) is 0 Å². The molecule has 0 fully saturated rings. The van der Waals surface area contributed by atoms with Crippen molar-refractivity contribution in [1.82, 2.24) is 0 Å². The van der Waals surface area contributed by atoms with Crippen molar-refractivity contribution in [3.05, 3.63) is 12.7 Å². The van der Waals surface area contributed by atoms with Crippen LogP contribution in [0.2, 0.25) is 0 Å². The lowest BCUT2D eigenvalue weighted by atomic mass is 10.6. The predicted octanol–water partition coefficient (Wildman–Crippen LogP) is -0.392. The third-order valence-corrected chi connectivity index (χ3v) is 0.448. The van der Waals surface area contributed by atoms with E-state index in [1.807, 2.05) is 0 Å². The molecule has 4 N–H and O–H groups in total. The summed E-state index contributed by atoms with van der Waals surface area (Å²) >= 11 is 0. The smallest absolute Gasteiger partial charge is 0.340 e. The first-order valence-electron chi connectivity index (χ1n) is 1.93. The summed E-state index contributed by atoms with van der Waals surface area (Å²) in [6.07, 6.45) is 1.24. The maximum Gasteiger partial charge on any atom is 0.340 e. The van der Waals surface area contributed by atoms with E-state index >= 15 is 0 Å². The Bertz CT molecular complexity index is 138. The molecule has 2 amide bonds. The summed E-state index contributed by atoms with van der Waals surface area (Å²) in [5.41, 5.74) is 9.62. The van der Waals surface area contributed by atoms with Crippen molar-refractivity contribution >= 4 is 11.9 Å². The molecule has 0 atom stereocenters. The molecule has 0 aliphatic heterocycles. The molecule has 8 heavy (non-hydrogen) atoms. The Hall–Kier alpha value is -1.32. The van der Waals surface area contributed by atoms with Crippen LogP contribution in [-0.2, 0) is 0 Å². The largest absolute Gasteiger partial charge is 0.384 e. The van der Waals surface area contributed by atoms with Gasteiger partial charge in [0.2, 0.25) is 0 Å². The number of hydrogen-bond acceptors (Lipinski definition) is 1. The number of primary amides is 1. The van der Waals surface area contributed by atoms with Crippen LogP contribution in [0.25, 0.3) is 0 Å². The topological polar surface area (TPSA) is 81.5 Å². The van der Waals surface area contributed by atoms with Crippen molar-refractivity contribution in [1.29, 1.82) is 0 Å². The standard InChI is InChI=1S/C4H7N3O/c1-2-3(5)7-4(6)8/h2H,1H2,(H4,5,6,7,8). The summed E-state index contributed by atoms with van der Waals surface area (Å²) in [5, 5.41) is 0. The number of urea groups is 1. The highest BCUT2D eigenvalue weighted by Gasteiger charge is 1.85. The third-order valence-electron chi connectivity index (χ3n) is 0.448. The first kappa shape index (κ1) is 6.68. The van der Waals surface area contributed by atoms with E-state index in [1.54, 1.807) is 0 Å². The Morgan fingerprint density at radius 3 is 2.25 bits per heavy atom. The van der Waals surface area contributed by atoms with Crippen molar-refractivity contribution < 1.29 is 4.79 Å². The first-order valence-corrected chi connectivity index (χ1v) is 1.93. The molecule has 44 valence electrons. The average Bonchev–Trinajstić information content (AvgIpc) is 1.65.